The lowest BCUT2D eigenvalue weighted by Crippen LogP contribution is -2.09. The van der Waals surface area contributed by atoms with Gasteiger partial charge in [-0.3, -0.25) is 0 Å². The molecule has 1 heterocycles. The molecule has 1 aromatic carbocycles. The zero-order valence-corrected chi connectivity index (χ0v) is 12.1. The van der Waals surface area contributed by atoms with Crippen LogP contribution in [0, 0.1) is 6.92 Å². The van der Waals surface area contributed by atoms with Gasteiger partial charge in [-0.25, -0.2) is 4.98 Å². The van der Waals surface area contributed by atoms with Gasteiger partial charge in [0.2, 0.25) is 0 Å². The standard InChI is InChI=1S/C16H21N3O/c1-12-3-6-16(13(7-12)8-17-2)20-10-15-9-18-11-19(15)14-4-5-14/h3,6-7,9,11,14,17H,4-5,8,10H2,1-2H3. The van der Waals surface area contributed by atoms with Gasteiger partial charge in [-0.15, -0.1) is 0 Å². The van der Waals surface area contributed by atoms with Crippen LogP contribution in [0.4, 0.5) is 0 Å². The van der Waals surface area contributed by atoms with E-state index >= 15 is 0 Å². The summed E-state index contributed by atoms with van der Waals surface area (Å²) < 4.78 is 8.25. The van der Waals surface area contributed by atoms with Crippen LogP contribution in [0.25, 0.3) is 0 Å². The Balaban J connectivity index is 1.72. The van der Waals surface area contributed by atoms with Crippen molar-refractivity contribution in [1.29, 1.82) is 0 Å². The lowest BCUT2D eigenvalue weighted by molar-refractivity contribution is 0.291. The van der Waals surface area contributed by atoms with Gasteiger partial charge in [0.15, 0.2) is 0 Å². The highest BCUT2D eigenvalue weighted by molar-refractivity contribution is 5.37. The van der Waals surface area contributed by atoms with Crippen LogP contribution in [0.1, 0.15) is 35.7 Å². The summed E-state index contributed by atoms with van der Waals surface area (Å²) in [5.41, 5.74) is 3.61. The summed E-state index contributed by atoms with van der Waals surface area (Å²) in [6.07, 6.45) is 6.35. The van der Waals surface area contributed by atoms with E-state index in [0.717, 1.165) is 18.0 Å². The molecule has 0 saturated heterocycles. The Hall–Kier alpha value is -1.81. The second-order valence-corrected chi connectivity index (χ2v) is 5.45. The van der Waals surface area contributed by atoms with Gasteiger partial charge in [-0.2, -0.15) is 0 Å². The van der Waals surface area contributed by atoms with Gasteiger partial charge in [0.05, 0.1) is 18.2 Å². The van der Waals surface area contributed by atoms with Crippen molar-refractivity contribution in [3.63, 3.8) is 0 Å². The molecule has 1 N–H and O–H groups in total. The molecule has 1 aromatic heterocycles. The van der Waals surface area contributed by atoms with E-state index in [1.165, 1.54) is 24.0 Å². The number of hydrogen-bond acceptors (Lipinski definition) is 3. The molecule has 0 unspecified atom stereocenters. The molecule has 3 rings (SSSR count). The summed E-state index contributed by atoms with van der Waals surface area (Å²) in [5.74, 6) is 0.952. The third-order valence-electron chi connectivity index (χ3n) is 3.65. The lowest BCUT2D eigenvalue weighted by Gasteiger charge is -2.13. The largest absolute Gasteiger partial charge is 0.487 e. The molecule has 4 heteroatoms. The van der Waals surface area contributed by atoms with Gasteiger partial charge in [0.25, 0.3) is 0 Å². The smallest absolute Gasteiger partial charge is 0.130 e. The Labute approximate surface area is 119 Å². The third kappa shape index (κ3) is 2.85. The summed E-state index contributed by atoms with van der Waals surface area (Å²) >= 11 is 0. The van der Waals surface area contributed by atoms with Gasteiger partial charge < -0.3 is 14.6 Å². The quantitative estimate of drug-likeness (QED) is 0.878. The van der Waals surface area contributed by atoms with E-state index in [1.807, 2.05) is 19.6 Å². The Kier molecular flexibility index (Phi) is 3.74. The molecule has 1 fully saturated rings. The second-order valence-electron chi connectivity index (χ2n) is 5.45. The first-order valence-corrected chi connectivity index (χ1v) is 7.15. The number of aromatic nitrogens is 2. The highest BCUT2D eigenvalue weighted by Crippen LogP contribution is 2.35. The van der Waals surface area contributed by atoms with E-state index < -0.39 is 0 Å². The molecule has 1 aliphatic carbocycles. The molecular formula is C16H21N3O. The normalized spacial score (nSPS) is 14.5. The number of rotatable bonds is 6. The van der Waals surface area contributed by atoms with Crippen molar-refractivity contribution in [2.75, 3.05) is 7.05 Å². The first-order valence-electron chi connectivity index (χ1n) is 7.15. The number of imidazole rings is 1. The fraction of sp³-hybridized carbons (Fsp3) is 0.438. The number of benzene rings is 1. The number of nitrogens with zero attached hydrogens (tertiary/aromatic N) is 2. The van der Waals surface area contributed by atoms with Crippen LogP contribution in [0.3, 0.4) is 0 Å². The average Bonchev–Trinajstić information content (AvgIpc) is 3.17. The summed E-state index contributed by atoms with van der Waals surface area (Å²) in [6.45, 7) is 3.50. The van der Waals surface area contributed by atoms with Crippen LogP contribution >= 0.6 is 0 Å². The summed E-state index contributed by atoms with van der Waals surface area (Å²) in [4.78, 5) is 4.24. The van der Waals surface area contributed by atoms with Crippen molar-refractivity contribution < 1.29 is 4.74 Å². The average molecular weight is 271 g/mol. The zero-order valence-electron chi connectivity index (χ0n) is 12.1. The van der Waals surface area contributed by atoms with Crippen molar-refractivity contribution in [2.24, 2.45) is 0 Å². The predicted molar refractivity (Wildman–Crippen MR) is 78.8 cm³/mol. The molecule has 1 saturated carbocycles. The molecule has 0 bridgehead atoms. The minimum absolute atomic E-state index is 0.580. The summed E-state index contributed by atoms with van der Waals surface area (Å²) in [7, 11) is 1.95. The van der Waals surface area contributed by atoms with E-state index in [-0.39, 0.29) is 0 Å². The maximum absolute atomic E-state index is 6.01. The zero-order chi connectivity index (χ0) is 13.9. The van der Waals surface area contributed by atoms with Crippen molar-refractivity contribution in [2.45, 2.75) is 39.0 Å². The van der Waals surface area contributed by atoms with E-state index in [4.69, 9.17) is 4.74 Å². The van der Waals surface area contributed by atoms with Crippen molar-refractivity contribution in [3.05, 3.63) is 47.5 Å². The van der Waals surface area contributed by atoms with Crippen LogP contribution in [-0.2, 0) is 13.2 Å². The topological polar surface area (TPSA) is 39.1 Å². The number of hydrogen-bond donors (Lipinski definition) is 1. The predicted octanol–water partition coefficient (Wildman–Crippen LogP) is 2.82. The Morgan fingerprint density at radius 3 is 3.00 bits per heavy atom. The van der Waals surface area contributed by atoms with Gasteiger partial charge in [0, 0.05) is 18.2 Å². The monoisotopic (exact) mass is 271 g/mol. The van der Waals surface area contributed by atoms with Gasteiger partial charge >= 0.3 is 0 Å². The molecule has 0 amide bonds. The SMILES string of the molecule is CNCc1cc(C)ccc1OCc1cncn1C1CC1. The Bertz CT molecular complexity index is 587. The highest BCUT2D eigenvalue weighted by atomic mass is 16.5. The Morgan fingerprint density at radius 2 is 2.25 bits per heavy atom. The van der Waals surface area contributed by atoms with Gasteiger partial charge in [-0.05, 0) is 32.9 Å². The lowest BCUT2D eigenvalue weighted by atomic mass is 10.1. The molecule has 2 aromatic rings. The minimum atomic E-state index is 0.580. The van der Waals surface area contributed by atoms with E-state index in [1.54, 1.807) is 0 Å². The van der Waals surface area contributed by atoms with Crippen LogP contribution < -0.4 is 10.1 Å². The van der Waals surface area contributed by atoms with Crippen LogP contribution in [0.2, 0.25) is 0 Å². The number of nitrogens with one attached hydrogen (secondary N) is 1. The highest BCUT2D eigenvalue weighted by Gasteiger charge is 2.25. The van der Waals surface area contributed by atoms with Crippen molar-refractivity contribution >= 4 is 0 Å². The molecule has 0 aliphatic heterocycles. The molecule has 0 atom stereocenters. The van der Waals surface area contributed by atoms with Crippen molar-refractivity contribution in [1.82, 2.24) is 14.9 Å². The minimum Gasteiger partial charge on any atom is -0.487 e. The molecule has 106 valence electrons. The van der Waals surface area contributed by atoms with Gasteiger partial charge in [0.1, 0.15) is 12.4 Å². The molecule has 20 heavy (non-hydrogen) atoms. The first kappa shape index (κ1) is 13.2. The fourth-order valence-electron chi connectivity index (χ4n) is 2.45. The second kappa shape index (κ2) is 5.67. The maximum atomic E-state index is 6.01. The maximum Gasteiger partial charge on any atom is 0.130 e. The van der Waals surface area contributed by atoms with E-state index in [0.29, 0.717) is 12.6 Å². The van der Waals surface area contributed by atoms with E-state index in [2.05, 4.69) is 40.0 Å². The first-order chi connectivity index (χ1) is 9.78. The number of ether oxygens (including phenoxy) is 1. The molecule has 1 aliphatic rings. The third-order valence-corrected chi connectivity index (χ3v) is 3.65. The van der Waals surface area contributed by atoms with Crippen LogP contribution in [0.5, 0.6) is 5.75 Å². The Morgan fingerprint density at radius 1 is 1.40 bits per heavy atom. The van der Waals surface area contributed by atoms with Gasteiger partial charge in [-0.1, -0.05) is 17.7 Å². The molecule has 0 spiro atoms. The fourth-order valence-corrected chi connectivity index (χ4v) is 2.45. The van der Waals surface area contributed by atoms with Crippen LogP contribution in [0.15, 0.2) is 30.7 Å². The molecule has 4 nitrogen and oxygen atoms in total. The van der Waals surface area contributed by atoms with Crippen molar-refractivity contribution in [3.8, 4) is 5.75 Å². The van der Waals surface area contributed by atoms with Crippen LogP contribution in [-0.4, -0.2) is 16.6 Å². The van der Waals surface area contributed by atoms with E-state index in [9.17, 15) is 0 Å². The molecular weight excluding hydrogens is 250 g/mol. The molecule has 0 radical (unpaired) electrons. The summed E-state index contributed by atoms with van der Waals surface area (Å²) in [5, 5.41) is 3.19. The number of aryl methyl sites for hydroxylation is 1. The summed E-state index contributed by atoms with van der Waals surface area (Å²) in [6, 6.07) is 6.96.